The van der Waals surface area contributed by atoms with Gasteiger partial charge in [-0.2, -0.15) is 0 Å². The molecule has 2 amide bonds. The molecule has 21 heavy (non-hydrogen) atoms. The van der Waals surface area contributed by atoms with E-state index >= 15 is 0 Å². The minimum atomic E-state index is -0.0846. The maximum absolute atomic E-state index is 12.6. The molecule has 1 aromatic rings. The summed E-state index contributed by atoms with van der Waals surface area (Å²) in [4.78, 5) is 26.5. The van der Waals surface area contributed by atoms with E-state index in [1.807, 2.05) is 0 Å². The summed E-state index contributed by atoms with van der Waals surface area (Å²) in [5.41, 5.74) is 6.84. The summed E-state index contributed by atoms with van der Waals surface area (Å²) >= 11 is 3.40. The van der Waals surface area contributed by atoms with E-state index in [2.05, 4.69) is 15.9 Å². The number of halogens is 1. The van der Waals surface area contributed by atoms with Gasteiger partial charge in [-0.15, -0.1) is 0 Å². The molecule has 1 heterocycles. The van der Waals surface area contributed by atoms with Crippen molar-refractivity contribution in [1.82, 2.24) is 0 Å². The predicted molar refractivity (Wildman–Crippen MR) is 85.8 cm³/mol. The van der Waals surface area contributed by atoms with Gasteiger partial charge in [-0.25, -0.2) is 4.90 Å². The van der Waals surface area contributed by atoms with E-state index in [4.69, 9.17) is 5.73 Å². The van der Waals surface area contributed by atoms with Crippen molar-refractivity contribution in [3.63, 3.8) is 0 Å². The Kier molecular flexibility index (Phi) is 3.78. The Labute approximate surface area is 132 Å². The van der Waals surface area contributed by atoms with Crippen molar-refractivity contribution in [3.8, 4) is 0 Å². The van der Waals surface area contributed by atoms with E-state index in [0.29, 0.717) is 28.7 Å². The van der Waals surface area contributed by atoms with Crippen LogP contribution in [0.5, 0.6) is 0 Å². The highest BCUT2D eigenvalue weighted by Gasteiger charge is 2.44. The molecule has 2 N–H and O–H groups in total. The number of nitrogens with two attached hydrogens (primary N) is 1. The molecule has 0 radical (unpaired) electrons. The molecule has 5 heteroatoms. The van der Waals surface area contributed by atoms with Crippen LogP contribution in [0, 0.1) is 5.41 Å². The SMILES string of the molecule is Nc1ccc(N2C(=O)CC3(CCCCC3)CC2=O)c(Br)c1. The Morgan fingerprint density at radius 3 is 2.24 bits per heavy atom. The number of piperidine rings is 1. The van der Waals surface area contributed by atoms with Crippen LogP contribution in [-0.4, -0.2) is 11.8 Å². The number of carbonyl (C=O) groups excluding carboxylic acids is 2. The fourth-order valence-electron chi connectivity index (χ4n) is 3.63. The second kappa shape index (κ2) is 5.44. The zero-order chi connectivity index (χ0) is 15.0. The van der Waals surface area contributed by atoms with E-state index in [1.54, 1.807) is 18.2 Å². The molecule has 0 atom stereocenters. The Balaban J connectivity index is 1.88. The molecule has 0 aromatic heterocycles. The van der Waals surface area contributed by atoms with Crippen molar-refractivity contribution < 1.29 is 9.59 Å². The third kappa shape index (κ3) is 2.71. The molecule has 0 unspecified atom stereocenters. The lowest BCUT2D eigenvalue weighted by molar-refractivity contribution is -0.134. The molecule has 1 aliphatic heterocycles. The summed E-state index contributed by atoms with van der Waals surface area (Å²) < 4.78 is 0.684. The van der Waals surface area contributed by atoms with Crippen LogP contribution in [0.4, 0.5) is 11.4 Å². The normalized spacial score (nSPS) is 21.9. The molecule has 2 aliphatic rings. The van der Waals surface area contributed by atoms with Gasteiger partial charge in [-0.1, -0.05) is 19.3 Å². The van der Waals surface area contributed by atoms with Crippen LogP contribution >= 0.6 is 15.9 Å². The number of hydrogen-bond donors (Lipinski definition) is 1. The molecule has 112 valence electrons. The first-order valence-electron chi connectivity index (χ1n) is 7.42. The van der Waals surface area contributed by atoms with Crippen LogP contribution in [0.25, 0.3) is 0 Å². The average Bonchev–Trinajstić information content (AvgIpc) is 2.41. The van der Waals surface area contributed by atoms with Gasteiger partial charge in [-0.3, -0.25) is 9.59 Å². The number of hydrogen-bond acceptors (Lipinski definition) is 3. The molecule has 3 rings (SSSR count). The Morgan fingerprint density at radius 2 is 1.67 bits per heavy atom. The first-order chi connectivity index (χ1) is 10.0. The van der Waals surface area contributed by atoms with Gasteiger partial charge in [0, 0.05) is 23.0 Å². The Bertz CT molecular complexity index is 574. The molecular weight excluding hydrogens is 332 g/mol. The Morgan fingerprint density at radius 1 is 1.05 bits per heavy atom. The summed E-state index contributed by atoms with van der Waals surface area (Å²) in [5, 5.41) is 0. The molecule has 2 fully saturated rings. The first-order valence-corrected chi connectivity index (χ1v) is 8.21. The molecule has 4 nitrogen and oxygen atoms in total. The van der Waals surface area contributed by atoms with Crippen molar-refractivity contribution in [2.24, 2.45) is 5.41 Å². The topological polar surface area (TPSA) is 63.4 Å². The van der Waals surface area contributed by atoms with Gasteiger partial charge in [0.25, 0.3) is 0 Å². The summed E-state index contributed by atoms with van der Waals surface area (Å²) in [6.45, 7) is 0. The van der Waals surface area contributed by atoms with Gasteiger partial charge in [0.15, 0.2) is 0 Å². The highest BCUT2D eigenvalue weighted by molar-refractivity contribution is 9.10. The van der Waals surface area contributed by atoms with Crippen molar-refractivity contribution in [1.29, 1.82) is 0 Å². The lowest BCUT2D eigenvalue weighted by Gasteiger charge is -2.42. The van der Waals surface area contributed by atoms with Crippen LogP contribution in [0.15, 0.2) is 22.7 Å². The lowest BCUT2D eigenvalue weighted by Crippen LogP contribution is -2.49. The molecule has 1 spiro atoms. The fourth-order valence-corrected chi connectivity index (χ4v) is 4.20. The third-order valence-electron chi connectivity index (χ3n) is 4.68. The van der Waals surface area contributed by atoms with Gasteiger partial charge in [-0.05, 0) is 52.4 Å². The van der Waals surface area contributed by atoms with E-state index in [0.717, 1.165) is 25.7 Å². The highest BCUT2D eigenvalue weighted by Crippen LogP contribution is 2.46. The number of carbonyl (C=O) groups is 2. The van der Waals surface area contributed by atoms with Gasteiger partial charge in [0.2, 0.25) is 11.8 Å². The van der Waals surface area contributed by atoms with Crippen molar-refractivity contribution >= 4 is 39.1 Å². The summed E-state index contributed by atoms with van der Waals surface area (Å²) in [6.07, 6.45) is 6.45. The summed E-state index contributed by atoms with van der Waals surface area (Å²) in [5.74, 6) is -0.169. The van der Waals surface area contributed by atoms with E-state index in [9.17, 15) is 9.59 Å². The van der Waals surface area contributed by atoms with Crippen molar-refractivity contribution in [2.75, 3.05) is 10.6 Å². The average molecular weight is 351 g/mol. The van der Waals surface area contributed by atoms with Crippen molar-refractivity contribution in [2.45, 2.75) is 44.9 Å². The third-order valence-corrected chi connectivity index (χ3v) is 5.31. The largest absolute Gasteiger partial charge is 0.399 e. The minimum Gasteiger partial charge on any atom is -0.399 e. The number of nitrogen functional groups attached to an aromatic ring is 1. The number of imide groups is 1. The molecule has 1 saturated carbocycles. The van der Waals surface area contributed by atoms with Crippen LogP contribution in [-0.2, 0) is 9.59 Å². The van der Waals surface area contributed by atoms with Crippen LogP contribution < -0.4 is 10.6 Å². The number of nitrogens with zero attached hydrogens (tertiary/aromatic N) is 1. The number of benzene rings is 1. The van der Waals surface area contributed by atoms with E-state index < -0.39 is 0 Å². The van der Waals surface area contributed by atoms with Crippen LogP contribution in [0.1, 0.15) is 44.9 Å². The lowest BCUT2D eigenvalue weighted by atomic mass is 9.67. The number of anilines is 2. The monoisotopic (exact) mass is 350 g/mol. The smallest absolute Gasteiger partial charge is 0.234 e. The van der Waals surface area contributed by atoms with Gasteiger partial charge < -0.3 is 5.73 Å². The maximum atomic E-state index is 12.6. The molecular formula is C16H19BrN2O2. The zero-order valence-corrected chi connectivity index (χ0v) is 13.5. The first kappa shape index (κ1) is 14.6. The minimum absolute atomic E-state index is 0.0802. The van der Waals surface area contributed by atoms with Crippen LogP contribution in [0.2, 0.25) is 0 Å². The van der Waals surface area contributed by atoms with Gasteiger partial charge in [0.1, 0.15) is 0 Å². The Hall–Kier alpha value is -1.36. The summed E-state index contributed by atoms with van der Waals surface area (Å²) in [6, 6.07) is 5.17. The van der Waals surface area contributed by atoms with Crippen LogP contribution in [0.3, 0.4) is 0 Å². The quantitative estimate of drug-likeness (QED) is 0.621. The van der Waals surface area contributed by atoms with Crippen molar-refractivity contribution in [3.05, 3.63) is 22.7 Å². The van der Waals surface area contributed by atoms with E-state index in [1.165, 1.54) is 11.3 Å². The molecule has 1 aromatic carbocycles. The molecule has 1 saturated heterocycles. The fraction of sp³-hybridized carbons (Fsp3) is 0.500. The standard InChI is InChI=1S/C16H19BrN2O2/c17-12-8-11(18)4-5-13(12)19-14(20)9-16(10-15(19)21)6-2-1-3-7-16/h4-5,8H,1-3,6-7,9-10,18H2. The van der Waals surface area contributed by atoms with E-state index in [-0.39, 0.29) is 17.2 Å². The predicted octanol–water partition coefficient (Wildman–Crippen LogP) is 3.64. The highest BCUT2D eigenvalue weighted by atomic mass is 79.9. The van der Waals surface area contributed by atoms with Gasteiger partial charge in [0.05, 0.1) is 5.69 Å². The molecule has 1 aliphatic carbocycles. The maximum Gasteiger partial charge on any atom is 0.234 e. The summed E-state index contributed by atoms with van der Waals surface area (Å²) in [7, 11) is 0. The number of rotatable bonds is 1. The second-order valence-corrected chi connectivity index (χ2v) is 7.10. The molecule has 0 bridgehead atoms. The van der Waals surface area contributed by atoms with Gasteiger partial charge >= 0.3 is 0 Å². The number of amides is 2. The zero-order valence-electron chi connectivity index (χ0n) is 11.9. The second-order valence-electron chi connectivity index (χ2n) is 6.25.